The molecule has 2 aromatic heterocycles. The molecule has 2 N–H and O–H groups in total. The number of carbonyl (C=O) groups excluding carboxylic acids is 1. The van der Waals surface area contributed by atoms with Crippen LogP contribution in [0.25, 0.3) is 32.6 Å². The van der Waals surface area contributed by atoms with Crippen molar-refractivity contribution in [3.8, 4) is 33.9 Å². The summed E-state index contributed by atoms with van der Waals surface area (Å²) in [7, 11) is 3.34. The summed E-state index contributed by atoms with van der Waals surface area (Å²) in [5, 5.41) is 0.860. The first-order valence-corrected chi connectivity index (χ1v) is 10.9. The predicted octanol–water partition coefficient (Wildman–Crippen LogP) is 5.53. The molecule has 0 unspecified atom stereocenters. The third-order valence-electron chi connectivity index (χ3n) is 5.87. The Morgan fingerprint density at radius 2 is 1.84 bits per heavy atom. The van der Waals surface area contributed by atoms with Crippen molar-refractivity contribution >= 4 is 33.0 Å². The van der Waals surface area contributed by atoms with E-state index in [0.717, 1.165) is 62.5 Å². The highest BCUT2D eigenvalue weighted by Gasteiger charge is 2.27. The number of aromatic nitrogens is 1. The van der Waals surface area contributed by atoms with Crippen molar-refractivity contribution < 1.29 is 14.3 Å². The normalized spacial score (nSPS) is 12.4. The van der Waals surface area contributed by atoms with Crippen LogP contribution in [0.15, 0.2) is 42.5 Å². The van der Waals surface area contributed by atoms with Crippen LogP contribution in [-0.2, 0) is 12.8 Å². The van der Waals surface area contributed by atoms with Crippen molar-refractivity contribution in [1.29, 1.82) is 0 Å². The van der Waals surface area contributed by atoms with Gasteiger partial charge < -0.3 is 15.2 Å². The Morgan fingerprint density at radius 3 is 2.58 bits per heavy atom. The first-order valence-electron chi connectivity index (χ1n) is 10.1. The minimum absolute atomic E-state index is 0.0415. The largest absolute Gasteiger partial charge is 0.497 e. The molecule has 0 atom stereocenters. The van der Waals surface area contributed by atoms with Gasteiger partial charge >= 0.3 is 0 Å². The molecule has 31 heavy (non-hydrogen) atoms. The van der Waals surface area contributed by atoms with Gasteiger partial charge in [0.25, 0.3) is 0 Å². The lowest BCUT2D eigenvalue weighted by atomic mass is 9.83. The second kappa shape index (κ2) is 7.39. The summed E-state index contributed by atoms with van der Waals surface area (Å²) in [6, 6.07) is 14.1. The first-order chi connectivity index (χ1) is 15.0. The van der Waals surface area contributed by atoms with Gasteiger partial charge in [-0.2, -0.15) is 0 Å². The van der Waals surface area contributed by atoms with E-state index in [1.165, 1.54) is 16.9 Å². The van der Waals surface area contributed by atoms with E-state index in [1.807, 2.05) is 24.3 Å². The maximum Gasteiger partial charge on any atom is 0.171 e. The Hall–Kier alpha value is -3.38. The summed E-state index contributed by atoms with van der Waals surface area (Å²) in [5.74, 6) is 1.58. The number of nitrogen functional groups attached to an aromatic ring is 1. The van der Waals surface area contributed by atoms with Crippen LogP contribution in [0.5, 0.6) is 11.5 Å². The minimum Gasteiger partial charge on any atom is -0.497 e. The van der Waals surface area contributed by atoms with E-state index in [9.17, 15) is 4.79 Å². The average molecular weight is 431 g/mol. The highest BCUT2D eigenvalue weighted by molar-refractivity contribution is 7.21. The van der Waals surface area contributed by atoms with Crippen molar-refractivity contribution in [1.82, 2.24) is 4.98 Å². The molecule has 1 aliphatic carbocycles. The number of benzene rings is 2. The van der Waals surface area contributed by atoms with Gasteiger partial charge in [0.15, 0.2) is 5.78 Å². The van der Waals surface area contributed by atoms with E-state index in [4.69, 9.17) is 20.2 Å². The highest BCUT2D eigenvalue weighted by Crippen LogP contribution is 2.47. The number of nitrogens with two attached hydrogens (primary N) is 1. The van der Waals surface area contributed by atoms with Crippen LogP contribution in [0, 0.1) is 0 Å². The van der Waals surface area contributed by atoms with Crippen LogP contribution in [0.1, 0.15) is 27.7 Å². The van der Waals surface area contributed by atoms with Crippen LogP contribution in [0.2, 0.25) is 0 Å². The van der Waals surface area contributed by atoms with Crippen molar-refractivity contribution in [2.75, 3.05) is 20.0 Å². The molecule has 0 radical (unpaired) electrons. The van der Waals surface area contributed by atoms with Gasteiger partial charge in [0.05, 0.1) is 30.5 Å². The Balaban J connectivity index is 1.88. The number of carbonyl (C=O) groups is 1. The summed E-state index contributed by atoms with van der Waals surface area (Å²) in [6.45, 7) is 1.55. The molecule has 156 valence electrons. The van der Waals surface area contributed by atoms with Crippen LogP contribution in [0.3, 0.4) is 0 Å². The SMILES string of the molecule is COc1cccc(-c2c3c(nc4sc(C(C)=O)c(N)c24)-c2ccc(OC)cc2CC3)c1. The number of pyridine rings is 1. The number of hydrogen-bond acceptors (Lipinski definition) is 6. The number of thiophene rings is 1. The van der Waals surface area contributed by atoms with Crippen LogP contribution in [0.4, 0.5) is 5.69 Å². The lowest BCUT2D eigenvalue weighted by Crippen LogP contribution is -2.08. The lowest BCUT2D eigenvalue weighted by Gasteiger charge is -2.23. The van der Waals surface area contributed by atoms with Crippen LogP contribution >= 0.6 is 11.3 Å². The number of rotatable bonds is 4. The molecule has 0 spiro atoms. The molecule has 5 rings (SSSR count). The molecule has 0 fully saturated rings. The smallest absolute Gasteiger partial charge is 0.171 e. The predicted molar refractivity (Wildman–Crippen MR) is 125 cm³/mol. The molecule has 0 aliphatic heterocycles. The number of hydrogen-bond donors (Lipinski definition) is 1. The lowest BCUT2D eigenvalue weighted by molar-refractivity contribution is 0.102. The number of fused-ring (bicyclic) bond motifs is 4. The molecular formula is C25H22N2O3S. The Bertz CT molecular complexity index is 1360. The molecular weight excluding hydrogens is 408 g/mol. The maximum atomic E-state index is 12.2. The zero-order valence-electron chi connectivity index (χ0n) is 17.6. The zero-order chi connectivity index (χ0) is 21.7. The summed E-state index contributed by atoms with van der Waals surface area (Å²) >= 11 is 1.36. The van der Waals surface area contributed by atoms with Gasteiger partial charge in [-0.05, 0) is 65.4 Å². The number of anilines is 1. The topological polar surface area (TPSA) is 74.4 Å². The molecule has 2 heterocycles. The Kier molecular flexibility index (Phi) is 4.67. The molecule has 0 saturated carbocycles. The van der Waals surface area contributed by atoms with E-state index >= 15 is 0 Å². The van der Waals surface area contributed by atoms with Gasteiger partial charge in [-0.25, -0.2) is 4.98 Å². The fraction of sp³-hybridized carbons (Fsp3) is 0.200. The number of nitrogens with zero attached hydrogens (tertiary/aromatic N) is 1. The Labute approximate surface area is 184 Å². The van der Waals surface area contributed by atoms with Crippen molar-refractivity contribution in [3.63, 3.8) is 0 Å². The van der Waals surface area contributed by atoms with E-state index in [-0.39, 0.29) is 5.78 Å². The van der Waals surface area contributed by atoms with Crippen molar-refractivity contribution in [3.05, 3.63) is 58.5 Å². The van der Waals surface area contributed by atoms with Gasteiger partial charge in [-0.15, -0.1) is 11.3 Å². The number of aryl methyl sites for hydroxylation is 1. The number of Topliss-reactive ketones (excluding diaryl/α,β-unsaturated/α-hetero) is 1. The quantitative estimate of drug-likeness (QED) is 0.431. The summed E-state index contributed by atoms with van der Waals surface area (Å²) < 4.78 is 10.9. The third-order valence-corrected chi connectivity index (χ3v) is 7.07. The molecule has 6 heteroatoms. The molecule has 0 bridgehead atoms. The second-order valence-corrected chi connectivity index (χ2v) is 8.65. The summed E-state index contributed by atoms with van der Waals surface area (Å²) in [4.78, 5) is 18.6. The van der Waals surface area contributed by atoms with Gasteiger partial charge in [-0.1, -0.05) is 12.1 Å². The summed E-state index contributed by atoms with van der Waals surface area (Å²) in [6.07, 6.45) is 1.71. The van der Waals surface area contributed by atoms with Gasteiger partial charge in [-0.3, -0.25) is 4.79 Å². The highest BCUT2D eigenvalue weighted by atomic mass is 32.1. The van der Waals surface area contributed by atoms with Crippen molar-refractivity contribution in [2.45, 2.75) is 19.8 Å². The van der Waals surface area contributed by atoms with Crippen molar-refractivity contribution in [2.24, 2.45) is 0 Å². The molecule has 0 amide bonds. The fourth-order valence-corrected chi connectivity index (χ4v) is 5.41. The van der Waals surface area contributed by atoms with E-state index < -0.39 is 0 Å². The van der Waals surface area contributed by atoms with E-state index in [2.05, 4.69) is 18.2 Å². The van der Waals surface area contributed by atoms with Gasteiger partial charge in [0.1, 0.15) is 16.3 Å². The van der Waals surface area contributed by atoms with E-state index in [1.54, 1.807) is 21.1 Å². The molecule has 1 aliphatic rings. The van der Waals surface area contributed by atoms with E-state index in [0.29, 0.717) is 10.6 Å². The zero-order valence-corrected chi connectivity index (χ0v) is 18.4. The number of ketones is 1. The number of methoxy groups -OCH3 is 2. The fourth-order valence-electron chi connectivity index (χ4n) is 4.41. The second-order valence-electron chi connectivity index (χ2n) is 7.65. The van der Waals surface area contributed by atoms with Crippen LogP contribution < -0.4 is 15.2 Å². The van der Waals surface area contributed by atoms with Crippen LogP contribution in [-0.4, -0.2) is 25.0 Å². The number of ether oxygens (including phenoxy) is 2. The molecule has 5 nitrogen and oxygen atoms in total. The minimum atomic E-state index is -0.0415. The molecule has 2 aromatic carbocycles. The first kappa shape index (κ1) is 19.6. The third kappa shape index (κ3) is 3.06. The summed E-state index contributed by atoms with van der Waals surface area (Å²) in [5.41, 5.74) is 13.5. The Morgan fingerprint density at radius 1 is 1.06 bits per heavy atom. The molecule has 0 saturated heterocycles. The monoisotopic (exact) mass is 430 g/mol. The van der Waals surface area contributed by atoms with Gasteiger partial charge in [0, 0.05) is 17.9 Å². The standard InChI is InChI=1S/C25H22N2O3S/c1-13(28)24-22(26)21-20(15-5-4-6-16(12-15)29-2)19-9-7-14-11-17(30-3)8-10-18(14)23(19)27-25(21)31-24/h4-6,8,10-12H,7,9,26H2,1-3H3. The average Bonchev–Trinajstić information content (AvgIpc) is 3.13. The maximum absolute atomic E-state index is 12.2. The van der Waals surface area contributed by atoms with Gasteiger partial charge in [0.2, 0.25) is 0 Å². The molecule has 4 aromatic rings.